The van der Waals surface area contributed by atoms with E-state index in [4.69, 9.17) is 21.7 Å². The molecule has 11 heteroatoms. The third-order valence-electron chi connectivity index (χ3n) is 5.68. The van der Waals surface area contributed by atoms with Crippen LogP contribution in [0.4, 0.5) is 9.59 Å². The Balaban J connectivity index is 0.000000322. The van der Waals surface area contributed by atoms with Crippen LogP contribution in [-0.4, -0.2) is 101 Å². The zero-order chi connectivity index (χ0) is 29.1. The van der Waals surface area contributed by atoms with Crippen molar-refractivity contribution in [2.24, 2.45) is 0 Å². The van der Waals surface area contributed by atoms with Crippen molar-refractivity contribution in [2.75, 3.05) is 52.4 Å². The molecule has 2 aliphatic rings. The summed E-state index contributed by atoms with van der Waals surface area (Å²) in [4.78, 5) is 41.4. The molecule has 3 amide bonds. The maximum atomic E-state index is 12.2. The second-order valence-electron chi connectivity index (χ2n) is 11.5. The van der Waals surface area contributed by atoms with Crippen LogP contribution in [0.15, 0.2) is 30.3 Å². The molecule has 0 aromatic heterocycles. The fraction of sp³-hybridized carbons (Fsp3) is 0.643. The van der Waals surface area contributed by atoms with E-state index in [0.717, 1.165) is 39.0 Å². The molecule has 0 bridgehead atoms. The van der Waals surface area contributed by atoms with E-state index in [1.165, 1.54) is 0 Å². The highest BCUT2D eigenvalue weighted by Crippen LogP contribution is 2.13. The fourth-order valence-electron chi connectivity index (χ4n) is 3.82. The van der Waals surface area contributed by atoms with Gasteiger partial charge in [-0.2, -0.15) is 0 Å². The third-order valence-corrected chi connectivity index (χ3v) is 6.04. The van der Waals surface area contributed by atoms with Gasteiger partial charge in [-0.15, -0.1) is 0 Å². The summed E-state index contributed by atoms with van der Waals surface area (Å²) in [6.45, 7) is 17.0. The topological polar surface area (TPSA) is 103 Å². The van der Waals surface area contributed by atoms with Crippen LogP contribution < -0.4 is 10.6 Å². The van der Waals surface area contributed by atoms with Crippen molar-refractivity contribution >= 4 is 35.4 Å². The van der Waals surface area contributed by atoms with Crippen LogP contribution in [0.5, 0.6) is 0 Å². The molecule has 0 spiro atoms. The summed E-state index contributed by atoms with van der Waals surface area (Å²) in [7, 11) is 0. The van der Waals surface area contributed by atoms with Crippen molar-refractivity contribution < 1.29 is 23.9 Å². The highest BCUT2D eigenvalue weighted by Gasteiger charge is 2.26. The Kier molecular flexibility index (Phi) is 12.4. The maximum Gasteiger partial charge on any atom is 0.410 e. The minimum atomic E-state index is -0.512. The molecule has 0 radical (unpaired) electrons. The molecular weight excluding hydrogens is 518 g/mol. The highest BCUT2D eigenvalue weighted by molar-refractivity contribution is 7.80. The van der Waals surface area contributed by atoms with Gasteiger partial charge in [-0.25, -0.2) is 9.59 Å². The Labute approximate surface area is 238 Å². The van der Waals surface area contributed by atoms with E-state index in [9.17, 15) is 14.4 Å². The lowest BCUT2D eigenvalue weighted by molar-refractivity contribution is 0.0250. The van der Waals surface area contributed by atoms with Gasteiger partial charge in [-0.05, 0) is 85.3 Å². The smallest absolute Gasteiger partial charge is 0.410 e. The van der Waals surface area contributed by atoms with Crippen LogP contribution in [0.25, 0.3) is 0 Å². The first-order valence-electron chi connectivity index (χ1n) is 13.6. The Morgan fingerprint density at radius 3 is 1.85 bits per heavy atom. The van der Waals surface area contributed by atoms with Crippen molar-refractivity contribution in [2.45, 2.75) is 65.6 Å². The van der Waals surface area contributed by atoms with E-state index >= 15 is 0 Å². The number of carbonyl (C=O) groups is 3. The first-order chi connectivity index (χ1) is 18.2. The van der Waals surface area contributed by atoms with Crippen LogP contribution in [-0.2, 0) is 9.47 Å². The van der Waals surface area contributed by atoms with Gasteiger partial charge in [-0.3, -0.25) is 10.1 Å². The largest absolute Gasteiger partial charge is 0.444 e. The van der Waals surface area contributed by atoms with Gasteiger partial charge in [0.25, 0.3) is 5.91 Å². The predicted molar refractivity (Wildman–Crippen MR) is 156 cm³/mol. The van der Waals surface area contributed by atoms with E-state index in [1.54, 1.807) is 21.9 Å². The second kappa shape index (κ2) is 15.0. The number of hydrogen-bond donors (Lipinski definition) is 2. The Hall–Kier alpha value is -2.92. The third kappa shape index (κ3) is 12.7. The van der Waals surface area contributed by atoms with Crippen molar-refractivity contribution in [1.29, 1.82) is 0 Å². The fourth-order valence-corrected chi connectivity index (χ4v) is 4.10. The summed E-state index contributed by atoms with van der Waals surface area (Å²) < 4.78 is 10.7. The van der Waals surface area contributed by atoms with Crippen molar-refractivity contribution in [3.8, 4) is 0 Å². The van der Waals surface area contributed by atoms with Crippen LogP contribution in [0.3, 0.4) is 0 Å². The zero-order valence-electron chi connectivity index (χ0n) is 24.2. The minimum Gasteiger partial charge on any atom is -0.444 e. The van der Waals surface area contributed by atoms with Crippen LogP contribution in [0, 0.1) is 0 Å². The summed E-state index contributed by atoms with van der Waals surface area (Å²) in [5.41, 5.74) is -0.339. The normalized spacial score (nSPS) is 16.6. The molecule has 39 heavy (non-hydrogen) atoms. The molecule has 10 nitrogen and oxygen atoms in total. The molecule has 0 atom stereocenters. The van der Waals surface area contributed by atoms with Gasteiger partial charge in [0.05, 0.1) is 0 Å². The minimum absolute atomic E-state index is 0.193. The molecular formula is C28H45N5O5S. The zero-order valence-corrected chi connectivity index (χ0v) is 25.1. The number of thiocarbonyl (C=S) groups is 1. The number of amides is 3. The van der Waals surface area contributed by atoms with Crippen molar-refractivity contribution in [1.82, 2.24) is 25.3 Å². The molecule has 2 heterocycles. The number of rotatable bonds is 1. The lowest BCUT2D eigenvalue weighted by Crippen LogP contribution is -2.45. The van der Waals surface area contributed by atoms with E-state index < -0.39 is 11.2 Å². The molecule has 0 aliphatic carbocycles. The molecule has 2 N–H and O–H groups in total. The van der Waals surface area contributed by atoms with E-state index in [0.29, 0.717) is 36.9 Å². The molecule has 3 rings (SSSR count). The summed E-state index contributed by atoms with van der Waals surface area (Å²) in [6, 6.07) is 8.95. The molecule has 2 saturated heterocycles. The van der Waals surface area contributed by atoms with Gasteiger partial charge in [0, 0.05) is 51.4 Å². The maximum absolute atomic E-state index is 12.2. The summed E-state index contributed by atoms with van der Waals surface area (Å²) >= 11 is 5.36. The molecule has 1 aromatic carbocycles. The Morgan fingerprint density at radius 2 is 1.26 bits per heavy atom. The van der Waals surface area contributed by atoms with Gasteiger partial charge in [-0.1, -0.05) is 18.2 Å². The number of hydrogen-bond acceptors (Lipinski definition) is 7. The molecule has 2 fully saturated rings. The quantitative estimate of drug-likeness (QED) is 0.497. The molecule has 0 unspecified atom stereocenters. The van der Waals surface area contributed by atoms with Gasteiger partial charge >= 0.3 is 12.2 Å². The molecule has 218 valence electrons. The van der Waals surface area contributed by atoms with Crippen molar-refractivity contribution in [3.05, 3.63) is 35.9 Å². The van der Waals surface area contributed by atoms with E-state index in [2.05, 4.69) is 10.6 Å². The first-order valence-corrected chi connectivity index (χ1v) is 14.0. The van der Waals surface area contributed by atoms with Crippen LogP contribution in [0.1, 0.15) is 64.7 Å². The van der Waals surface area contributed by atoms with Gasteiger partial charge in [0.1, 0.15) is 11.2 Å². The van der Waals surface area contributed by atoms with Crippen LogP contribution in [0.2, 0.25) is 0 Å². The number of nitrogens with one attached hydrogen (secondary N) is 2. The van der Waals surface area contributed by atoms with Gasteiger partial charge in [0.2, 0.25) is 0 Å². The number of ether oxygens (including phenoxy) is 2. The number of benzene rings is 1. The van der Waals surface area contributed by atoms with E-state index in [-0.39, 0.29) is 18.1 Å². The molecule has 2 aliphatic heterocycles. The van der Waals surface area contributed by atoms with Crippen molar-refractivity contribution in [3.63, 3.8) is 0 Å². The lowest BCUT2D eigenvalue weighted by Gasteiger charge is -2.27. The van der Waals surface area contributed by atoms with Crippen LogP contribution >= 0.6 is 12.2 Å². The predicted octanol–water partition coefficient (Wildman–Crippen LogP) is 3.86. The molecule has 0 saturated carbocycles. The average Bonchev–Trinajstić information content (AvgIpc) is 3.27. The van der Waals surface area contributed by atoms with E-state index in [1.807, 2.05) is 64.6 Å². The lowest BCUT2D eigenvalue weighted by atomic mass is 10.2. The second-order valence-corrected chi connectivity index (χ2v) is 11.9. The van der Waals surface area contributed by atoms with Gasteiger partial charge < -0.3 is 29.5 Å². The number of nitrogens with zero attached hydrogens (tertiary/aromatic N) is 3. The Bertz CT molecular complexity index is 953. The summed E-state index contributed by atoms with van der Waals surface area (Å²) in [5, 5.41) is 6.39. The molecule has 1 aromatic rings. The first kappa shape index (κ1) is 32.3. The SMILES string of the molecule is CC(C)(C)OC(=O)N1CCCN(C(=S)NC(=O)c2ccccc2)CC1.CC(C)(C)OC(=O)N1CCCNCC1. The summed E-state index contributed by atoms with van der Waals surface area (Å²) in [6.07, 6.45) is 1.26. The highest BCUT2D eigenvalue weighted by atomic mass is 32.1. The standard InChI is InChI=1S/C18H25N3O3S.C10H20N2O2/c1-18(2,3)24-17(23)21-11-7-10-20(12-13-21)16(25)19-15(22)14-8-5-4-6-9-14;1-10(2,3)14-9(13)12-7-4-5-11-6-8-12/h4-6,8-9H,7,10-13H2,1-3H3,(H,19,22,25);11H,4-8H2,1-3H3. The average molecular weight is 564 g/mol. The monoisotopic (exact) mass is 563 g/mol. The van der Waals surface area contributed by atoms with Gasteiger partial charge in [0.15, 0.2) is 5.11 Å². The Morgan fingerprint density at radius 1 is 0.744 bits per heavy atom. The number of carbonyl (C=O) groups excluding carboxylic acids is 3. The summed E-state index contributed by atoms with van der Waals surface area (Å²) in [5.74, 6) is -0.223.